The maximum atomic E-state index is 13.1. The lowest BCUT2D eigenvalue weighted by Gasteiger charge is -2.34. The van der Waals surface area contributed by atoms with Gasteiger partial charge in [0.25, 0.3) is 0 Å². The van der Waals surface area contributed by atoms with Crippen molar-refractivity contribution < 1.29 is 13.2 Å². The smallest absolute Gasteiger partial charge is 0.243 e. The second-order valence-electron chi connectivity index (χ2n) is 6.91. The van der Waals surface area contributed by atoms with Crippen LogP contribution < -0.4 is 4.90 Å². The first-order valence-corrected chi connectivity index (χ1v) is 10.2. The van der Waals surface area contributed by atoms with Crippen molar-refractivity contribution in [2.24, 2.45) is 0 Å². The van der Waals surface area contributed by atoms with Gasteiger partial charge in [-0.2, -0.15) is 4.31 Å². The standard InChI is InChI=1S/C18H26N2O3S/c1-4-16-7-5-6-10-19(16)24(22,23)17-8-9-18-15(12-17)11-13(2)20(18)14(3)21/h8-9,12-13,16H,4-7,10-11H2,1-3H3/t13-,16+/m1/s1. The van der Waals surface area contributed by atoms with Crippen LogP contribution in [0.5, 0.6) is 0 Å². The molecule has 2 aliphatic heterocycles. The van der Waals surface area contributed by atoms with E-state index in [2.05, 4.69) is 0 Å². The first-order valence-electron chi connectivity index (χ1n) is 8.80. The van der Waals surface area contributed by atoms with Crippen LogP contribution >= 0.6 is 0 Å². The molecule has 0 spiro atoms. The van der Waals surface area contributed by atoms with Crippen LogP contribution in [0.25, 0.3) is 0 Å². The largest absolute Gasteiger partial charge is 0.309 e. The number of hydrogen-bond donors (Lipinski definition) is 0. The third kappa shape index (κ3) is 2.86. The SMILES string of the molecule is CC[C@H]1CCCCN1S(=O)(=O)c1ccc2c(c1)C[C@@H](C)N2C(C)=O. The average Bonchev–Trinajstić information content (AvgIpc) is 2.89. The number of piperidine rings is 1. The van der Waals surface area contributed by atoms with Gasteiger partial charge in [-0.05, 0) is 56.4 Å². The van der Waals surface area contributed by atoms with Gasteiger partial charge < -0.3 is 4.90 Å². The Kier molecular flexibility index (Phi) is 4.71. The van der Waals surface area contributed by atoms with E-state index < -0.39 is 10.0 Å². The number of sulfonamides is 1. The van der Waals surface area contributed by atoms with E-state index in [0.29, 0.717) is 17.9 Å². The Hall–Kier alpha value is -1.40. The van der Waals surface area contributed by atoms with Gasteiger partial charge in [-0.1, -0.05) is 13.3 Å². The summed E-state index contributed by atoms with van der Waals surface area (Å²) in [7, 11) is -3.47. The molecule has 0 saturated carbocycles. The molecule has 2 aliphatic rings. The molecule has 2 atom stereocenters. The molecule has 6 heteroatoms. The van der Waals surface area contributed by atoms with Crippen molar-refractivity contribution in [2.75, 3.05) is 11.4 Å². The minimum Gasteiger partial charge on any atom is -0.309 e. The molecular formula is C18H26N2O3S. The van der Waals surface area contributed by atoms with Gasteiger partial charge in [0.05, 0.1) is 4.90 Å². The Morgan fingerprint density at radius 2 is 2.04 bits per heavy atom. The Morgan fingerprint density at radius 1 is 1.29 bits per heavy atom. The van der Waals surface area contributed by atoms with Crippen LogP contribution in [-0.2, 0) is 21.2 Å². The minimum atomic E-state index is -3.47. The maximum Gasteiger partial charge on any atom is 0.243 e. The fourth-order valence-electron chi connectivity index (χ4n) is 4.08. The Labute approximate surface area is 144 Å². The first kappa shape index (κ1) is 17.4. The number of hydrogen-bond acceptors (Lipinski definition) is 3. The number of rotatable bonds is 3. The van der Waals surface area contributed by atoms with Crippen molar-refractivity contribution in [3.05, 3.63) is 23.8 Å². The number of fused-ring (bicyclic) bond motifs is 1. The molecule has 1 aromatic carbocycles. The van der Waals surface area contributed by atoms with Gasteiger partial charge in [0.15, 0.2) is 0 Å². The molecule has 0 N–H and O–H groups in total. The molecule has 1 amide bonds. The number of carbonyl (C=O) groups is 1. The summed E-state index contributed by atoms with van der Waals surface area (Å²) in [6, 6.07) is 5.39. The van der Waals surface area contributed by atoms with Crippen molar-refractivity contribution in [1.29, 1.82) is 0 Å². The molecule has 1 saturated heterocycles. The topological polar surface area (TPSA) is 57.7 Å². The Bertz CT molecular complexity index is 745. The van der Waals surface area contributed by atoms with Gasteiger partial charge >= 0.3 is 0 Å². The number of benzene rings is 1. The van der Waals surface area contributed by atoms with Gasteiger partial charge in [-0.15, -0.1) is 0 Å². The van der Waals surface area contributed by atoms with Crippen molar-refractivity contribution >= 4 is 21.6 Å². The van der Waals surface area contributed by atoms with Crippen LogP contribution in [0.4, 0.5) is 5.69 Å². The molecule has 0 aromatic heterocycles. The van der Waals surface area contributed by atoms with E-state index in [4.69, 9.17) is 0 Å². The van der Waals surface area contributed by atoms with Crippen LogP contribution in [0.1, 0.15) is 52.0 Å². The molecule has 24 heavy (non-hydrogen) atoms. The van der Waals surface area contributed by atoms with E-state index in [9.17, 15) is 13.2 Å². The van der Waals surface area contributed by atoms with E-state index in [-0.39, 0.29) is 18.0 Å². The zero-order valence-electron chi connectivity index (χ0n) is 14.7. The second-order valence-corrected chi connectivity index (χ2v) is 8.80. The molecule has 0 unspecified atom stereocenters. The molecule has 5 nitrogen and oxygen atoms in total. The van der Waals surface area contributed by atoms with Crippen molar-refractivity contribution in [3.63, 3.8) is 0 Å². The molecule has 0 bridgehead atoms. The highest BCUT2D eigenvalue weighted by Crippen LogP contribution is 2.35. The maximum absolute atomic E-state index is 13.1. The number of anilines is 1. The summed E-state index contributed by atoms with van der Waals surface area (Å²) in [4.78, 5) is 13.9. The molecule has 3 rings (SSSR count). The lowest BCUT2D eigenvalue weighted by molar-refractivity contribution is -0.116. The number of nitrogens with zero attached hydrogens (tertiary/aromatic N) is 2. The van der Waals surface area contributed by atoms with Gasteiger partial charge in [0.1, 0.15) is 0 Å². The lowest BCUT2D eigenvalue weighted by Crippen LogP contribution is -2.43. The third-order valence-electron chi connectivity index (χ3n) is 5.26. The molecule has 2 heterocycles. The normalized spacial score (nSPS) is 24.9. The third-order valence-corrected chi connectivity index (χ3v) is 7.20. The van der Waals surface area contributed by atoms with Gasteiger partial charge in [0.2, 0.25) is 15.9 Å². The number of amides is 1. The minimum absolute atomic E-state index is 0.000986. The van der Waals surface area contributed by atoms with E-state index in [0.717, 1.165) is 36.9 Å². The average molecular weight is 350 g/mol. The Balaban J connectivity index is 1.96. The van der Waals surface area contributed by atoms with E-state index >= 15 is 0 Å². The highest BCUT2D eigenvalue weighted by molar-refractivity contribution is 7.89. The number of carbonyl (C=O) groups excluding carboxylic acids is 1. The summed E-state index contributed by atoms with van der Waals surface area (Å²) in [6.07, 6.45) is 4.51. The molecular weight excluding hydrogens is 324 g/mol. The van der Waals surface area contributed by atoms with Crippen LogP contribution in [0.2, 0.25) is 0 Å². The fraction of sp³-hybridized carbons (Fsp3) is 0.611. The zero-order valence-corrected chi connectivity index (χ0v) is 15.5. The highest BCUT2D eigenvalue weighted by Gasteiger charge is 2.35. The first-order chi connectivity index (χ1) is 11.4. The molecule has 1 fully saturated rings. The molecule has 0 radical (unpaired) electrons. The van der Waals surface area contributed by atoms with E-state index in [1.165, 1.54) is 0 Å². The summed E-state index contributed by atoms with van der Waals surface area (Å²) in [5.41, 5.74) is 1.79. The molecule has 132 valence electrons. The zero-order chi connectivity index (χ0) is 17.5. The van der Waals surface area contributed by atoms with Gasteiger partial charge in [-0.3, -0.25) is 4.79 Å². The van der Waals surface area contributed by atoms with Crippen molar-refractivity contribution in [1.82, 2.24) is 4.31 Å². The van der Waals surface area contributed by atoms with Crippen molar-refractivity contribution in [2.45, 2.75) is 69.9 Å². The predicted octanol–water partition coefficient (Wildman–Crippen LogP) is 2.94. The second kappa shape index (κ2) is 6.48. The summed E-state index contributed by atoms with van der Waals surface area (Å²) < 4.78 is 27.9. The lowest BCUT2D eigenvalue weighted by atomic mass is 10.0. The van der Waals surface area contributed by atoms with E-state index in [1.807, 2.05) is 13.8 Å². The van der Waals surface area contributed by atoms with Crippen LogP contribution in [-0.4, -0.2) is 37.3 Å². The van der Waals surface area contributed by atoms with Crippen LogP contribution in [0.3, 0.4) is 0 Å². The fourth-order valence-corrected chi connectivity index (χ4v) is 5.90. The summed E-state index contributed by atoms with van der Waals surface area (Å²) in [5.74, 6) is -0.000986. The van der Waals surface area contributed by atoms with Crippen molar-refractivity contribution in [3.8, 4) is 0 Å². The summed E-state index contributed by atoms with van der Waals surface area (Å²) >= 11 is 0. The quantitative estimate of drug-likeness (QED) is 0.842. The van der Waals surface area contributed by atoms with Crippen LogP contribution in [0.15, 0.2) is 23.1 Å². The van der Waals surface area contributed by atoms with Gasteiger partial charge in [0, 0.05) is 31.2 Å². The Morgan fingerprint density at radius 3 is 2.71 bits per heavy atom. The highest BCUT2D eigenvalue weighted by atomic mass is 32.2. The summed E-state index contributed by atoms with van der Waals surface area (Å²) in [6.45, 7) is 6.20. The monoisotopic (exact) mass is 350 g/mol. The van der Waals surface area contributed by atoms with Gasteiger partial charge in [-0.25, -0.2) is 8.42 Å². The van der Waals surface area contributed by atoms with Crippen LogP contribution in [0, 0.1) is 0 Å². The van der Waals surface area contributed by atoms with E-state index in [1.54, 1.807) is 34.3 Å². The molecule has 1 aromatic rings. The summed E-state index contributed by atoms with van der Waals surface area (Å²) in [5, 5.41) is 0. The predicted molar refractivity (Wildman–Crippen MR) is 94.6 cm³/mol. The molecule has 0 aliphatic carbocycles.